The predicted octanol–water partition coefficient (Wildman–Crippen LogP) is 2.12. The number of aliphatic hydroxyl groups excluding tert-OH is 1. The van der Waals surface area contributed by atoms with E-state index >= 15 is 0 Å². The number of carbonyl (C=O) groups is 1. The number of hydrogen-bond donors (Lipinski definition) is 1. The lowest BCUT2D eigenvalue weighted by Crippen LogP contribution is -2.46. The summed E-state index contributed by atoms with van der Waals surface area (Å²) in [6, 6.07) is 4.75. The van der Waals surface area contributed by atoms with Gasteiger partial charge in [0.05, 0.1) is 18.7 Å². The molecule has 0 bridgehead atoms. The molecule has 118 valence electrons. The van der Waals surface area contributed by atoms with Crippen LogP contribution in [-0.2, 0) is 11.2 Å². The Balaban J connectivity index is 1.87. The molecule has 2 saturated heterocycles. The van der Waals surface area contributed by atoms with Crippen molar-refractivity contribution in [2.75, 3.05) is 6.61 Å². The van der Waals surface area contributed by atoms with Crippen LogP contribution in [0, 0.1) is 19.8 Å². The highest BCUT2D eigenvalue weighted by Crippen LogP contribution is 2.55. The van der Waals surface area contributed by atoms with Gasteiger partial charge in [0.25, 0.3) is 0 Å². The molecule has 2 fully saturated rings. The van der Waals surface area contributed by atoms with Gasteiger partial charge < -0.3 is 5.11 Å². The Hall–Kier alpha value is -1.39. The summed E-state index contributed by atoms with van der Waals surface area (Å²) in [4.78, 5) is 12.5. The largest absolute Gasteiger partial charge is 0.394 e. The number of aliphatic hydroxyl groups is 1. The molecule has 4 nitrogen and oxygen atoms in total. The van der Waals surface area contributed by atoms with E-state index in [1.165, 1.54) is 22.3 Å². The van der Waals surface area contributed by atoms with Crippen LogP contribution in [0.25, 0.3) is 0 Å². The quantitative estimate of drug-likeness (QED) is 0.864. The molecule has 1 N–H and O–H groups in total. The maximum absolute atomic E-state index is 12.5. The number of hydrazine groups is 1. The Labute approximate surface area is 131 Å². The monoisotopic (exact) mass is 300 g/mol. The third-order valence-electron chi connectivity index (χ3n) is 5.89. The second-order valence-corrected chi connectivity index (χ2v) is 7.77. The SMILES string of the molecule is Cc1cc2c(cc1C)C1C(C2)C(CO)N2C(=O)CC(C)(C)N12. The lowest BCUT2D eigenvalue weighted by atomic mass is 9.90. The van der Waals surface area contributed by atoms with Crippen LogP contribution in [0.2, 0.25) is 0 Å². The number of carbonyl (C=O) groups excluding carboxylic acids is 1. The highest BCUT2D eigenvalue weighted by atomic mass is 16.3. The topological polar surface area (TPSA) is 43.8 Å². The molecule has 4 rings (SSSR count). The molecular formula is C18H24N2O2. The van der Waals surface area contributed by atoms with Gasteiger partial charge in [0.1, 0.15) is 0 Å². The molecule has 1 aromatic carbocycles. The summed E-state index contributed by atoms with van der Waals surface area (Å²) >= 11 is 0. The molecule has 0 saturated carbocycles. The lowest BCUT2D eigenvalue weighted by molar-refractivity contribution is -0.142. The number of rotatable bonds is 1. The molecule has 3 aliphatic rings. The van der Waals surface area contributed by atoms with Gasteiger partial charge in [-0.1, -0.05) is 12.1 Å². The summed E-state index contributed by atoms with van der Waals surface area (Å²) in [5.41, 5.74) is 5.21. The van der Waals surface area contributed by atoms with E-state index in [0.29, 0.717) is 12.3 Å². The lowest BCUT2D eigenvalue weighted by Gasteiger charge is -2.36. The first-order valence-electron chi connectivity index (χ1n) is 8.17. The summed E-state index contributed by atoms with van der Waals surface area (Å²) in [6.07, 6.45) is 1.50. The molecule has 22 heavy (non-hydrogen) atoms. The molecule has 4 heteroatoms. The minimum absolute atomic E-state index is 0.0471. The van der Waals surface area contributed by atoms with E-state index < -0.39 is 0 Å². The van der Waals surface area contributed by atoms with E-state index in [0.717, 1.165) is 6.42 Å². The van der Waals surface area contributed by atoms with Gasteiger partial charge in [0, 0.05) is 17.9 Å². The second kappa shape index (κ2) is 4.33. The average molecular weight is 300 g/mol. The number of amides is 1. The van der Waals surface area contributed by atoms with Crippen molar-refractivity contribution in [1.29, 1.82) is 0 Å². The van der Waals surface area contributed by atoms with E-state index in [1.807, 2.05) is 5.01 Å². The van der Waals surface area contributed by atoms with Crippen LogP contribution >= 0.6 is 0 Å². The van der Waals surface area contributed by atoms with Crippen molar-refractivity contribution >= 4 is 5.91 Å². The fourth-order valence-corrected chi connectivity index (χ4v) is 4.80. The van der Waals surface area contributed by atoms with Gasteiger partial charge in [-0.25, -0.2) is 5.01 Å². The molecule has 0 aromatic heterocycles. The van der Waals surface area contributed by atoms with Crippen LogP contribution < -0.4 is 0 Å². The Bertz CT molecular complexity index is 667. The van der Waals surface area contributed by atoms with Crippen molar-refractivity contribution in [3.8, 4) is 0 Å². The zero-order valence-electron chi connectivity index (χ0n) is 13.8. The van der Waals surface area contributed by atoms with E-state index in [1.54, 1.807) is 0 Å². The fourth-order valence-electron chi connectivity index (χ4n) is 4.80. The fraction of sp³-hybridized carbons (Fsp3) is 0.611. The highest BCUT2D eigenvalue weighted by molar-refractivity contribution is 5.80. The Morgan fingerprint density at radius 1 is 1.27 bits per heavy atom. The number of aryl methyl sites for hydroxylation is 2. The smallest absolute Gasteiger partial charge is 0.239 e. The van der Waals surface area contributed by atoms with E-state index in [-0.39, 0.29) is 30.1 Å². The van der Waals surface area contributed by atoms with Gasteiger partial charge >= 0.3 is 0 Å². The molecule has 0 spiro atoms. The summed E-state index contributed by atoms with van der Waals surface area (Å²) in [5, 5.41) is 14.0. The predicted molar refractivity (Wildman–Crippen MR) is 84.1 cm³/mol. The van der Waals surface area contributed by atoms with Gasteiger partial charge in [-0.05, 0) is 56.4 Å². The Kier molecular flexibility index (Phi) is 2.80. The van der Waals surface area contributed by atoms with Crippen molar-refractivity contribution in [2.24, 2.45) is 5.92 Å². The Morgan fingerprint density at radius 3 is 2.64 bits per heavy atom. The van der Waals surface area contributed by atoms with Crippen LogP contribution in [-0.4, -0.2) is 39.2 Å². The van der Waals surface area contributed by atoms with Gasteiger partial charge in [0.15, 0.2) is 0 Å². The molecule has 3 unspecified atom stereocenters. The van der Waals surface area contributed by atoms with Gasteiger partial charge in [-0.2, -0.15) is 0 Å². The molecule has 0 radical (unpaired) electrons. The molecule has 3 atom stereocenters. The zero-order chi connectivity index (χ0) is 15.8. The summed E-state index contributed by atoms with van der Waals surface area (Å²) in [7, 11) is 0. The van der Waals surface area contributed by atoms with Crippen molar-refractivity contribution in [3.05, 3.63) is 34.4 Å². The Morgan fingerprint density at radius 2 is 1.95 bits per heavy atom. The average Bonchev–Trinajstić information content (AvgIpc) is 2.99. The first-order valence-corrected chi connectivity index (χ1v) is 8.17. The van der Waals surface area contributed by atoms with Gasteiger partial charge in [0.2, 0.25) is 5.91 Å². The van der Waals surface area contributed by atoms with Crippen molar-refractivity contribution < 1.29 is 9.90 Å². The first-order chi connectivity index (χ1) is 10.3. The normalized spacial score (nSPS) is 32.3. The minimum atomic E-state index is -0.176. The molecule has 2 heterocycles. The molecule has 1 aromatic rings. The van der Waals surface area contributed by atoms with Crippen molar-refractivity contribution in [2.45, 2.75) is 58.2 Å². The summed E-state index contributed by atoms with van der Waals surface area (Å²) in [6.45, 7) is 8.63. The van der Waals surface area contributed by atoms with Crippen LogP contribution in [0.3, 0.4) is 0 Å². The molecule has 2 aliphatic heterocycles. The zero-order valence-corrected chi connectivity index (χ0v) is 13.8. The number of nitrogens with zero attached hydrogens (tertiary/aromatic N) is 2. The van der Waals surface area contributed by atoms with E-state index in [9.17, 15) is 9.90 Å². The first kappa shape index (κ1) is 14.2. The maximum atomic E-state index is 12.5. The van der Waals surface area contributed by atoms with Crippen LogP contribution in [0.15, 0.2) is 12.1 Å². The maximum Gasteiger partial charge on any atom is 0.239 e. The van der Waals surface area contributed by atoms with Crippen molar-refractivity contribution in [1.82, 2.24) is 10.0 Å². The number of benzene rings is 1. The molecule has 1 amide bonds. The number of hydrogen-bond acceptors (Lipinski definition) is 3. The standard InChI is InChI=1S/C18H24N2O2/c1-10-5-12-7-14-15(9-21)19-16(22)8-18(3,4)20(19)17(14)13(12)6-11(10)2/h5-6,14-15,17,21H,7-9H2,1-4H3. The van der Waals surface area contributed by atoms with Crippen LogP contribution in [0.1, 0.15) is 48.6 Å². The third-order valence-corrected chi connectivity index (χ3v) is 5.89. The molecular weight excluding hydrogens is 276 g/mol. The van der Waals surface area contributed by atoms with Gasteiger partial charge in [-0.15, -0.1) is 0 Å². The highest BCUT2D eigenvalue weighted by Gasteiger charge is 2.61. The second-order valence-electron chi connectivity index (χ2n) is 7.77. The van der Waals surface area contributed by atoms with Crippen LogP contribution in [0.4, 0.5) is 0 Å². The third kappa shape index (κ3) is 1.62. The van der Waals surface area contributed by atoms with Gasteiger partial charge in [-0.3, -0.25) is 9.80 Å². The van der Waals surface area contributed by atoms with E-state index in [2.05, 4.69) is 44.8 Å². The molecule has 1 aliphatic carbocycles. The minimum Gasteiger partial charge on any atom is -0.394 e. The van der Waals surface area contributed by atoms with Crippen LogP contribution in [0.5, 0.6) is 0 Å². The van der Waals surface area contributed by atoms with E-state index in [4.69, 9.17) is 0 Å². The summed E-state index contributed by atoms with van der Waals surface area (Å²) < 4.78 is 0. The van der Waals surface area contributed by atoms with Crippen molar-refractivity contribution in [3.63, 3.8) is 0 Å². The number of fused-ring (bicyclic) bond motifs is 5. The summed E-state index contributed by atoms with van der Waals surface area (Å²) in [5.74, 6) is 0.466.